The number of hydrogen-bond acceptors (Lipinski definition) is 4. The standard InChI is InChI=1S/C13H18ClN3O/c1-13(7-8-18-2)9-16-12(15)17(13)11-5-3-10(14)4-6-11/h3-6H,7-9H2,1-2H3,(H2,15,16). The van der Waals surface area contributed by atoms with Gasteiger partial charge in [0.1, 0.15) is 0 Å². The van der Waals surface area contributed by atoms with Crippen molar-refractivity contribution in [2.75, 3.05) is 25.2 Å². The van der Waals surface area contributed by atoms with Gasteiger partial charge in [0.2, 0.25) is 0 Å². The third-order valence-corrected chi connectivity index (χ3v) is 3.53. The molecule has 0 bridgehead atoms. The van der Waals surface area contributed by atoms with Crippen molar-refractivity contribution in [3.05, 3.63) is 29.3 Å². The van der Waals surface area contributed by atoms with Gasteiger partial charge in [-0.05, 0) is 37.6 Å². The summed E-state index contributed by atoms with van der Waals surface area (Å²) in [6.45, 7) is 3.51. The van der Waals surface area contributed by atoms with Crippen molar-refractivity contribution in [3.8, 4) is 0 Å². The van der Waals surface area contributed by atoms with Crippen molar-refractivity contribution in [1.82, 2.24) is 0 Å². The lowest BCUT2D eigenvalue weighted by molar-refractivity contribution is 0.175. The summed E-state index contributed by atoms with van der Waals surface area (Å²) in [4.78, 5) is 6.41. The lowest BCUT2D eigenvalue weighted by Gasteiger charge is -2.36. The number of ether oxygens (including phenoxy) is 1. The maximum absolute atomic E-state index is 6.00. The number of benzene rings is 1. The van der Waals surface area contributed by atoms with Gasteiger partial charge in [-0.2, -0.15) is 0 Å². The van der Waals surface area contributed by atoms with Crippen LogP contribution < -0.4 is 10.6 Å². The van der Waals surface area contributed by atoms with E-state index in [1.807, 2.05) is 24.3 Å². The Morgan fingerprint density at radius 3 is 2.72 bits per heavy atom. The fourth-order valence-corrected chi connectivity index (χ4v) is 2.34. The van der Waals surface area contributed by atoms with Crippen molar-refractivity contribution in [2.24, 2.45) is 10.7 Å². The highest BCUT2D eigenvalue weighted by molar-refractivity contribution is 6.30. The summed E-state index contributed by atoms with van der Waals surface area (Å²) in [5, 5.41) is 0.715. The van der Waals surface area contributed by atoms with Crippen molar-refractivity contribution < 1.29 is 4.74 Å². The zero-order valence-electron chi connectivity index (χ0n) is 10.7. The molecule has 0 amide bonds. The monoisotopic (exact) mass is 267 g/mol. The highest BCUT2D eigenvalue weighted by Gasteiger charge is 2.38. The number of anilines is 1. The first-order valence-corrected chi connectivity index (χ1v) is 6.29. The molecule has 18 heavy (non-hydrogen) atoms. The lowest BCUT2D eigenvalue weighted by Crippen LogP contribution is -2.50. The number of nitrogens with two attached hydrogens (primary N) is 1. The van der Waals surface area contributed by atoms with Gasteiger partial charge in [-0.15, -0.1) is 0 Å². The summed E-state index contributed by atoms with van der Waals surface area (Å²) in [7, 11) is 1.70. The minimum absolute atomic E-state index is 0.131. The quantitative estimate of drug-likeness (QED) is 0.911. The van der Waals surface area contributed by atoms with Crippen molar-refractivity contribution >= 4 is 23.2 Å². The molecule has 2 N–H and O–H groups in total. The van der Waals surface area contributed by atoms with Gasteiger partial charge in [0.05, 0.1) is 12.1 Å². The van der Waals surface area contributed by atoms with Gasteiger partial charge in [0, 0.05) is 24.4 Å². The Morgan fingerprint density at radius 2 is 2.11 bits per heavy atom. The molecule has 2 rings (SSSR count). The predicted molar refractivity (Wildman–Crippen MR) is 75.3 cm³/mol. The first-order valence-electron chi connectivity index (χ1n) is 5.91. The van der Waals surface area contributed by atoms with E-state index in [1.54, 1.807) is 7.11 Å². The molecule has 1 aromatic carbocycles. The molecule has 0 aliphatic carbocycles. The van der Waals surface area contributed by atoms with Gasteiger partial charge in [0.25, 0.3) is 0 Å². The fraction of sp³-hybridized carbons (Fsp3) is 0.462. The zero-order valence-corrected chi connectivity index (χ0v) is 11.4. The highest BCUT2D eigenvalue weighted by atomic mass is 35.5. The molecule has 0 spiro atoms. The van der Waals surface area contributed by atoms with Crippen molar-refractivity contribution in [3.63, 3.8) is 0 Å². The van der Waals surface area contributed by atoms with Crippen LogP contribution in [0.15, 0.2) is 29.3 Å². The Bertz CT molecular complexity index is 446. The molecule has 1 heterocycles. The molecule has 4 nitrogen and oxygen atoms in total. The molecular weight excluding hydrogens is 250 g/mol. The van der Waals surface area contributed by atoms with E-state index in [-0.39, 0.29) is 5.54 Å². The molecule has 1 aliphatic heterocycles. The topological polar surface area (TPSA) is 50.9 Å². The average molecular weight is 268 g/mol. The van der Waals surface area contributed by atoms with Crippen molar-refractivity contribution in [2.45, 2.75) is 18.9 Å². The second-order valence-corrected chi connectivity index (χ2v) is 5.16. The Morgan fingerprint density at radius 1 is 1.44 bits per heavy atom. The van der Waals surface area contributed by atoms with Gasteiger partial charge in [0.15, 0.2) is 5.96 Å². The van der Waals surface area contributed by atoms with E-state index in [4.69, 9.17) is 22.1 Å². The van der Waals surface area contributed by atoms with Crippen LogP contribution in [-0.4, -0.2) is 31.8 Å². The Balaban J connectivity index is 2.27. The van der Waals surface area contributed by atoms with Crippen LogP contribution in [0.5, 0.6) is 0 Å². The number of hydrogen-bond donors (Lipinski definition) is 1. The van der Waals surface area contributed by atoms with E-state index in [0.717, 1.165) is 12.1 Å². The minimum atomic E-state index is -0.131. The molecule has 1 unspecified atom stereocenters. The van der Waals surface area contributed by atoms with E-state index in [9.17, 15) is 0 Å². The SMILES string of the molecule is COCCC1(C)CN=C(N)N1c1ccc(Cl)cc1. The smallest absolute Gasteiger partial charge is 0.196 e. The molecule has 0 saturated heterocycles. The van der Waals surface area contributed by atoms with Crippen LogP contribution in [0, 0.1) is 0 Å². The number of guanidine groups is 1. The normalized spacial score (nSPS) is 23.3. The predicted octanol–water partition coefficient (Wildman–Crippen LogP) is 2.27. The Hall–Kier alpha value is -1.26. The summed E-state index contributed by atoms with van der Waals surface area (Å²) in [5.74, 6) is 0.552. The second kappa shape index (κ2) is 5.16. The van der Waals surface area contributed by atoms with Gasteiger partial charge in [-0.25, -0.2) is 0 Å². The van der Waals surface area contributed by atoms with E-state index < -0.39 is 0 Å². The van der Waals surface area contributed by atoms with E-state index >= 15 is 0 Å². The van der Waals surface area contributed by atoms with Crippen LogP contribution in [0.3, 0.4) is 0 Å². The van der Waals surface area contributed by atoms with E-state index in [1.165, 1.54) is 0 Å². The van der Waals surface area contributed by atoms with Crippen molar-refractivity contribution in [1.29, 1.82) is 0 Å². The summed E-state index contributed by atoms with van der Waals surface area (Å²) in [6, 6.07) is 7.64. The van der Waals surface area contributed by atoms with Crippen LogP contribution in [0.25, 0.3) is 0 Å². The molecule has 0 radical (unpaired) electrons. The molecule has 98 valence electrons. The fourth-order valence-electron chi connectivity index (χ4n) is 2.22. The average Bonchev–Trinajstić information content (AvgIpc) is 2.65. The van der Waals surface area contributed by atoms with Crippen LogP contribution in [0.4, 0.5) is 5.69 Å². The molecule has 0 aromatic heterocycles. The maximum Gasteiger partial charge on any atom is 0.196 e. The molecule has 0 saturated carbocycles. The summed E-state index contributed by atoms with van der Waals surface area (Å²) < 4.78 is 5.17. The highest BCUT2D eigenvalue weighted by Crippen LogP contribution is 2.31. The Kier molecular flexibility index (Phi) is 3.78. The Labute approximate surface area is 112 Å². The molecule has 1 aromatic rings. The van der Waals surface area contributed by atoms with E-state index in [2.05, 4.69) is 16.8 Å². The second-order valence-electron chi connectivity index (χ2n) is 4.73. The zero-order chi connectivity index (χ0) is 13.2. The first-order chi connectivity index (χ1) is 8.57. The minimum Gasteiger partial charge on any atom is -0.385 e. The van der Waals surface area contributed by atoms with Crippen LogP contribution >= 0.6 is 11.6 Å². The van der Waals surface area contributed by atoms with Gasteiger partial charge < -0.3 is 15.4 Å². The number of nitrogens with zero attached hydrogens (tertiary/aromatic N) is 2. The van der Waals surface area contributed by atoms with E-state index in [0.29, 0.717) is 24.1 Å². The van der Waals surface area contributed by atoms with Gasteiger partial charge in [-0.3, -0.25) is 4.99 Å². The number of halogens is 1. The lowest BCUT2D eigenvalue weighted by atomic mass is 9.96. The third kappa shape index (κ3) is 2.44. The molecule has 1 aliphatic rings. The maximum atomic E-state index is 6.00. The number of aliphatic imine (C=N–C) groups is 1. The molecular formula is C13H18ClN3O. The molecule has 5 heteroatoms. The summed E-state index contributed by atoms with van der Waals surface area (Å²) in [6.07, 6.45) is 0.871. The van der Waals surface area contributed by atoms with Crippen LogP contribution in [-0.2, 0) is 4.74 Å². The summed E-state index contributed by atoms with van der Waals surface area (Å²) in [5.41, 5.74) is 6.88. The third-order valence-electron chi connectivity index (χ3n) is 3.28. The first kappa shape index (κ1) is 13.2. The van der Waals surface area contributed by atoms with Crippen LogP contribution in [0.2, 0.25) is 5.02 Å². The van der Waals surface area contributed by atoms with Crippen LogP contribution in [0.1, 0.15) is 13.3 Å². The van der Waals surface area contributed by atoms with Gasteiger partial charge >= 0.3 is 0 Å². The molecule has 1 atom stereocenters. The largest absolute Gasteiger partial charge is 0.385 e. The number of methoxy groups -OCH3 is 1. The van der Waals surface area contributed by atoms with Gasteiger partial charge in [-0.1, -0.05) is 11.6 Å². The summed E-state index contributed by atoms with van der Waals surface area (Å²) >= 11 is 5.91. The number of rotatable bonds is 4. The molecule has 0 fully saturated rings.